The van der Waals surface area contributed by atoms with Crippen molar-refractivity contribution < 1.29 is 9.90 Å². The van der Waals surface area contributed by atoms with Crippen molar-refractivity contribution in [2.24, 2.45) is 11.8 Å². The normalized spacial score (nSPS) is 17.4. The Labute approximate surface area is 107 Å². The highest BCUT2D eigenvalue weighted by molar-refractivity contribution is 5.70. The lowest BCUT2D eigenvalue weighted by molar-refractivity contribution is -0.145. The van der Waals surface area contributed by atoms with Crippen molar-refractivity contribution in [3.8, 4) is 11.8 Å². The molecular weight excluding hydrogens is 226 g/mol. The number of likely N-dealkylation sites (tertiary alicyclic amines) is 1. The van der Waals surface area contributed by atoms with Crippen LogP contribution in [0.2, 0.25) is 0 Å². The molecule has 1 aromatic rings. The zero-order valence-electron chi connectivity index (χ0n) is 10.5. The number of aliphatic carboxylic acids is 1. The van der Waals surface area contributed by atoms with E-state index in [1.54, 1.807) is 6.92 Å². The van der Waals surface area contributed by atoms with E-state index in [4.69, 9.17) is 5.11 Å². The van der Waals surface area contributed by atoms with E-state index < -0.39 is 5.97 Å². The molecule has 0 spiro atoms. The second-order valence-electron chi connectivity index (χ2n) is 4.75. The first kappa shape index (κ1) is 12.7. The third-order valence-electron chi connectivity index (χ3n) is 3.39. The molecule has 0 radical (unpaired) electrons. The predicted octanol–water partition coefficient (Wildman–Crippen LogP) is 1.69. The summed E-state index contributed by atoms with van der Waals surface area (Å²) in [6, 6.07) is 9.88. The van der Waals surface area contributed by atoms with E-state index in [1.807, 2.05) is 30.3 Å². The Hall–Kier alpha value is -1.79. The highest BCUT2D eigenvalue weighted by Crippen LogP contribution is 2.23. The summed E-state index contributed by atoms with van der Waals surface area (Å²) < 4.78 is 0. The largest absolute Gasteiger partial charge is 0.481 e. The Morgan fingerprint density at radius 1 is 1.44 bits per heavy atom. The molecule has 0 bridgehead atoms. The smallest absolute Gasteiger partial charge is 0.306 e. The molecule has 1 aromatic carbocycles. The van der Waals surface area contributed by atoms with Crippen molar-refractivity contribution in [1.29, 1.82) is 0 Å². The van der Waals surface area contributed by atoms with Gasteiger partial charge >= 0.3 is 5.97 Å². The van der Waals surface area contributed by atoms with E-state index in [1.165, 1.54) is 0 Å². The van der Waals surface area contributed by atoms with Crippen LogP contribution in [0.4, 0.5) is 0 Å². The Bertz CT molecular complexity index is 466. The maximum Gasteiger partial charge on any atom is 0.306 e. The zero-order chi connectivity index (χ0) is 13.0. The molecule has 1 aliphatic heterocycles. The minimum Gasteiger partial charge on any atom is -0.481 e. The molecule has 1 unspecified atom stereocenters. The Balaban J connectivity index is 1.75. The molecule has 3 heteroatoms. The fourth-order valence-corrected chi connectivity index (χ4v) is 2.03. The van der Waals surface area contributed by atoms with E-state index in [-0.39, 0.29) is 11.8 Å². The second kappa shape index (κ2) is 5.70. The number of carboxylic acids is 1. The Morgan fingerprint density at radius 2 is 2.11 bits per heavy atom. The number of carbonyl (C=O) groups is 1. The molecule has 1 fully saturated rings. The fourth-order valence-electron chi connectivity index (χ4n) is 2.03. The van der Waals surface area contributed by atoms with Gasteiger partial charge in [0.15, 0.2) is 0 Å². The topological polar surface area (TPSA) is 40.5 Å². The lowest BCUT2D eigenvalue weighted by atomic mass is 9.87. The quantitative estimate of drug-likeness (QED) is 0.821. The van der Waals surface area contributed by atoms with Gasteiger partial charge in [-0.2, -0.15) is 0 Å². The van der Waals surface area contributed by atoms with Crippen LogP contribution in [-0.4, -0.2) is 35.6 Å². The molecule has 0 aromatic heterocycles. The molecule has 3 nitrogen and oxygen atoms in total. The van der Waals surface area contributed by atoms with Crippen LogP contribution in [0.15, 0.2) is 30.3 Å². The number of hydrogen-bond donors (Lipinski definition) is 1. The summed E-state index contributed by atoms with van der Waals surface area (Å²) in [4.78, 5) is 13.0. The molecule has 1 N–H and O–H groups in total. The van der Waals surface area contributed by atoms with Crippen LogP contribution in [0.1, 0.15) is 12.5 Å². The lowest BCUT2D eigenvalue weighted by Crippen LogP contribution is -2.50. The van der Waals surface area contributed by atoms with Gasteiger partial charge in [-0.25, -0.2) is 0 Å². The van der Waals surface area contributed by atoms with Crippen LogP contribution in [0.3, 0.4) is 0 Å². The average molecular weight is 243 g/mol. The molecule has 0 aliphatic carbocycles. The van der Waals surface area contributed by atoms with Crippen LogP contribution < -0.4 is 0 Å². The minimum absolute atomic E-state index is 0.247. The average Bonchev–Trinajstić information content (AvgIpc) is 2.32. The van der Waals surface area contributed by atoms with E-state index >= 15 is 0 Å². The van der Waals surface area contributed by atoms with Crippen LogP contribution in [-0.2, 0) is 4.79 Å². The molecule has 0 saturated carbocycles. The summed E-state index contributed by atoms with van der Waals surface area (Å²) in [6.07, 6.45) is 0. The molecule has 0 amide bonds. The van der Waals surface area contributed by atoms with Crippen molar-refractivity contribution >= 4 is 5.97 Å². The molecule has 18 heavy (non-hydrogen) atoms. The van der Waals surface area contributed by atoms with Gasteiger partial charge in [0.05, 0.1) is 12.5 Å². The van der Waals surface area contributed by atoms with E-state index in [0.29, 0.717) is 0 Å². The minimum atomic E-state index is -0.699. The third-order valence-corrected chi connectivity index (χ3v) is 3.39. The van der Waals surface area contributed by atoms with Crippen molar-refractivity contribution in [1.82, 2.24) is 4.90 Å². The first-order valence-electron chi connectivity index (χ1n) is 6.16. The standard InChI is InChI=1S/C15H17NO2/c1-12(15(17)18)14-10-16(11-14)9-5-8-13-6-3-2-4-7-13/h2-4,6-7,12,14H,9-11H2,1H3,(H,17,18). The Kier molecular flexibility index (Phi) is 4.01. The molecule has 1 saturated heterocycles. The summed E-state index contributed by atoms with van der Waals surface area (Å²) in [6.45, 7) is 4.19. The van der Waals surface area contributed by atoms with Crippen LogP contribution in [0.25, 0.3) is 0 Å². The highest BCUT2D eigenvalue weighted by atomic mass is 16.4. The van der Waals surface area contributed by atoms with Gasteiger partial charge in [0.25, 0.3) is 0 Å². The summed E-state index contributed by atoms with van der Waals surface area (Å²) in [5, 5.41) is 8.88. The molecule has 1 atom stereocenters. The second-order valence-corrected chi connectivity index (χ2v) is 4.75. The number of nitrogens with zero attached hydrogens (tertiary/aromatic N) is 1. The maximum atomic E-state index is 10.8. The first-order valence-corrected chi connectivity index (χ1v) is 6.16. The summed E-state index contributed by atoms with van der Waals surface area (Å²) in [7, 11) is 0. The SMILES string of the molecule is CC(C(=O)O)C1CN(CC#Cc2ccccc2)C1. The monoisotopic (exact) mass is 243 g/mol. The molecule has 94 valence electrons. The van der Waals surface area contributed by atoms with E-state index in [0.717, 1.165) is 25.2 Å². The highest BCUT2D eigenvalue weighted by Gasteiger charge is 2.33. The van der Waals surface area contributed by atoms with Gasteiger partial charge in [0.1, 0.15) is 0 Å². The van der Waals surface area contributed by atoms with Crippen molar-refractivity contribution in [3.63, 3.8) is 0 Å². The molecule has 1 heterocycles. The third kappa shape index (κ3) is 3.12. The van der Waals surface area contributed by atoms with Gasteiger partial charge in [-0.15, -0.1) is 0 Å². The van der Waals surface area contributed by atoms with Crippen LogP contribution in [0, 0.1) is 23.7 Å². The summed E-state index contributed by atoms with van der Waals surface area (Å²) >= 11 is 0. The molecule has 1 aliphatic rings. The van der Waals surface area contributed by atoms with Gasteiger partial charge in [-0.1, -0.05) is 37.0 Å². The lowest BCUT2D eigenvalue weighted by Gasteiger charge is -2.40. The molecular formula is C15H17NO2. The number of benzene rings is 1. The maximum absolute atomic E-state index is 10.8. The zero-order valence-corrected chi connectivity index (χ0v) is 10.5. The molecule has 2 rings (SSSR count). The summed E-state index contributed by atoms with van der Waals surface area (Å²) in [5.41, 5.74) is 1.02. The van der Waals surface area contributed by atoms with Crippen LogP contribution in [0.5, 0.6) is 0 Å². The summed E-state index contributed by atoms with van der Waals surface area (Å²) in [5.74, 6) is 5.56. The number of rotatable bonds is 3. The van der Waals surface area contributed by atoms with Crippen LogP contribution >= 0.6 is 0 Å². The van der Waals surface area contributed by atoms with Crippen molar-refractivity contribution in [3.05, 3.63) is 35.9 Å². The van der Waals surface area contributed by atoms with E-state index in [2.05, 4.69) is 16.7 Å². The van der Waals surface area contributed by atoms with Gasteiger partial charge in [-0.05, 0) is 18.1 Å². The fraction of sp³-hybridized carbons (Fsp3) is 0.400. The van der Waals surface area contributed by atoms with Gasteiger partial charge in [0, 0.05) is 18.7 Å². The van der Waals surface area contributed by atoms with Crippen molar-refractivity contribution in [2.75, 3.05) is 19.6 Å². The first-order chi connectivity index (χ1) is 8.66. The predicted molar refractivity (Wildman–Crippen MR) is 70.0 cm³/mol. The van der Waals surface area contributed by atoms with Gasteiger partial charge < -0.3 is 5.11 Å². The van der Waals surface area contributed by atoms with Gasteiger partial charge in [0.2, 0.25) is 0 Å². The number of carboxylic acid groups (broad SMARTS) is 1. The Morgan fingerprint density at radius 3 is 2.72 bits per heavy atom. The van der Waals surface area contributed by atoms with Crippen molar-refractivity contribution in [2.45, 2.75) is 6.92 Å². The number of hydrogen-bond acceptors (Lipinski definition) is 2. The van der Waals surface area contributed by atoms with Gasteiger partial charge in [-0.3, -0.25) is 9.69 Å². The van der Waals surface area contributed by atoms with E-state index in [9.17, 15) is 4.79 Å².